The van der Waals surface area contributed by atoms with Gasteiger partial charge < -0.3 is 49.8 Å². The summed E-state index contributed by atoms with van der Waals surface area (Å²) in [5.41, 5.74) is -0.206. The van der Waals surface area contributed by atoms with Crippen LogP contribution in [0.15, 0.2) is 71.6 Å². The SMILES string of the molecule is CO[C@@H]1C=CO[C@@]2(C)Oc3c(C)c(O)c4c(O)c(c(C=NN5CC(C)(C)N(Cc6ccccc6)CC5(C)C)c(O)c4c3C2=O)NC(=O)C(C)=CC=C[C@H](C)[C@H](O)[C@H](C)[C@H](O)[C@H](C)[C@H](OC(C)=O)[C@H]1C. The number of Topliss-reactive ketones (excluding diaryl/α,β-unsaturated/α-hetero) is 1. The Hall–Kier alpha value is -5.94. The van der Waals surface area contributed by atoms with Gasteiger partial charge in [0.2, 0.25) is 0 Å². The lowest BCUT2D eigenvalue weighted by Crippen LogP contribution is -2.65. The van der Waals surface area contributed by atoms with Gasteiger partial charge in [-0.2, -0.15) is 5.10 Å². The zero-order chi connectivity index (χ0) is 51.1. The van der Waals surface area contributed by atoms with Crippen LogP contribution in [0.1, 0.15) is 103 Å². The van der Waals surface area contributed by atoms with Crippen molar-refractivity contribution in [3.63, 3.8) is 0 Å². The Morgan fingerprint density at radius 2 is 1.55 bits per heavy atom. The first-order chi connectivity index (χ1) is 32.3. The van der Waals surface area contributed by atoms with Crippen molar-refractivity contribution < 1.29 is 58.9 Å². The number of esters is 1. The topological polar surface area (TPSA) is 220 Å². The van der Waals surface area contributed by atoms with Crippen molar-refractivity contribution in [2.45, 2.75) is 131 Å². The minimum Gasteiger partial charge on any atom is -0.507 e. The van der Waals surface area contributed by atoms with Gasteiger partial charge in [-0.3, -0.25) is 24.3 Å². The van der Waals surface area contributed by atoms with Gasteiger partial charge in [-0.25, -0.2) is 0 Å². The quantitative estimate of drug-likeness (QED) is 0.0612. The number of anilines is 1. The van der Waals surface area contributed by atoms with Crippen LogP contribution in [0.3, 0.4) is 0 Å². The molecule has 4 aliphatic heterocycles. The van der Waals surface area contributed by atoms with Gasteiger partial charge in [0.1, 0.15) is 23.4 Å². The molecule has 0 radical (unpaired) electrons. The smallest absolute Gasteiger partial charge is 0.312 e. The third-order valence-corrected chi connectivity index (χ3v) is 14.2. The Kier molecular flexibility index (Phi) is 15.3. The van der Waals surface area contributed by atoms with Crippen molar-refractivity contribution in [3.8, 4) is 23.0 Å². The van der Waals surface area contributed by atoms with Gasteiger partial charge in [0, 0.05) is 79.8 Å². The molecule has 1 fully saturated rings. The Balaban J connectivity index is 1.51. The van der Waals surface area contributed by atoms with Crippen LogP contribution in [0, 0.1) is 30.6 Å². The zero-order valence-corrected chi connectivity index (χ0v) is 42.0. The van der Waals surface area contributed by atoms with E-state index >= 15 is 0 Å². The van der Waals surface area contributed by atoms with Crippen LogP contribution in [-0.4, -0.2) is 121 Å². The van der Waals surface area contributed by atoms with Crippen molar-refractivity contribution in [2.24, 2.45) is 28.8 Å². The van der Waals surface area contributed by atoms with Crippen LogP contribution in [-0.2, 0) is 30.3 Å². The molecule has 0 aliphatic carbocycles. The van der Waals surface area contributed by atoms with Gasteiger partial charge in [-0.15, -0.1) is 0 Å². The number of nitrogens with one attached hydrogen (secondary N) is 1. The number of aromatic hydroxyl groups is 3. The number of ketones is 1. The summed E-state index contributed by atoms with van der Waals surface area (Å²) < 4.78 is 23.9. The number of aliphatic hydroxyl groups excluding tert-OH is 2. The van der Waals surface area contributed by atoms with E-state index in [2.05, 4.69) is 36.2 Å². The van der Waals surface area contributed by atoms with Crippen LogP contribution < -0.4 is 10.1 Å². The molecule has 69 heavy (non-hydrogen) atoms. The lowest BCUT2D eigenvalue weighted by Gasteiger charge is -2.54. The molecule has 5 bridgehead atoms. The standard InChI is InChI=1S/C53H70N4O12/c1-28-18-17-19-29(2)50(65)55-41-36(24-54-57-27-51(8,9)56(26-52(57,10)11)25-35-20-15-14-16-21-35)45(62)38-39(46(41)63)44(61)33(6)48-40(38)49(64)53(12,69-48)67-23-22-37(66-13)30(3)47(68-34(7)58)32(5)43(60)31(4)42(28)59/h14-24,28,30-32,37,42-43,47,59-63H,25-27H2,1-13H3,(H,55,65)/t28-,30-,31-,32-,37+,42-,43-,47+,53-/m0/s1. The van der Waals surface area contributed by atoms with E-state index in [1.54, 1.807) is 39.8 Å². The van der Waals surface area contributed by atoms with Gasteiger partial charge in [0.05, 0.1) is 65.1 Å². The first kappa shape index (κ1) is 52.4. The van der Waals surface area contributed by atoms with Crippen LogP contribution in [0.4, 0.5) is 5.69 Å². The number of phenols is 3. The summed E-state index contributed by atoms with van der Waals surface area (Å²) in [6.07, 6.45) is 4.88. The summed E-state index contributed by atoms with van der Waals surface area (Å²) >= 11 is 0. The fourth-order valence-electron chi connectivity index (χ4n) is 9.71. The molecule has 16 nitrogen and oxygen atoms in total. The molecule has 0 aromatic heterocycles. The summed E-state index contributed by atoms with van der Waals surface area (Å²) in [7, 11) is 1.44. The number of carbonyl (C=O) groups excluding carboxylic acids is 3. The monoisotopic (exact) mass is 954 g/mol. The summed E-state index contributed by atoms with van der Waals surface area (Å²) in [4.78, 5) is 43.6. The maximum absolute atomic E-state index is 14.7. The largest absolute Gasteiger partial charge is 0.507 e. The Bertz CT molecular complexity index is 2570. The summed E-state index contributed by atoms with van der Waals surface area (Å²) in [6, 6.07) is 10.2. The first-order valence-electron chi connectivity index (χ1n) is 23.4. The number of hydrazone groups is 1. The predicted molar refractivity (Wildman–Crippen MR) is 263 cm³/mol. The van der Waals surface area contributed by atoms with Crippen LogP contribution in [0.2, 0.25) is 0 Å². The highest BCUT2D eigenvalue weighted by molar-refractivity contribution is 6.23. The number of nitrogens with zero attached hydrogens (tertiary/aromatic N) is 3. The van der Waals surface area contributed by atoms with Crippen LogP contribution in [0.5, 0.6) is 23.0 Å². The van der Waals surface area contributed by atoms with Crippen molar-refractivity contribution in [3.05, 3.63) is 88.7 Å². The van der Waals surface area contributed by atoms with Crippen LogP contribution in [0.25, 0.3) is 10.8 Å². The molecule has 6 N–H and O–H groups in total. The Morgan fingerprint density at radius 3 is 2.19 bits per heavy atom. The summed E-state index contributed by atoms with van der Waals surface area (Å²) in [5.74, 6) is -8.52. The third-order valence-electron chi connectivity index (χ3n) is 14.2. The van der Waals surface area contributed by atoms with Crippen molar-refractivity contribution >= 4 is 40.3 Å². The van der Waals surface area contributed by atoms with Gasteiger partial charge in [-0.1, -0.05) is 76.3 Å². The second-order valence-corrected chi connectivity index (χ2v) is 20.4. The molecule has 1 amide bonds. The molecule has 0 spiro atoms. The lowest BCUT2D eigenvalue weighted by atomic mass is 9.78. The van der Waals surface area contributed by atoms with Gasteiger partial charge in [0.15, 0.2) is 5.75 Å². The second-order valence-electron chi connectivity index (χ2n) is 20.4. The van der Waals surface area contributed by atoms with E-state index in [4.69, 9.17) is 24.0 Å². The van der Waals surface area contributed by atoms with E-state index in [9.17, 15) is 39.9 Å². The summed E-state index contributed by atoms with van der Waals surface area (Å²) in [5, 5.41) is 68.5. The molecule has 1 saturated heterocycles. The second kappa shape index (κ2) is 20.2. The number of amides is 1. The number of ether oxygens (including phenoxy) is 4. The fraction of sp³-hybridized carbons (Fsp3) is 0.509. The maximum atomic E-state index is 14.7. The minimum atomic E-state index is -2.08. The van der Waals surface area contributed by atoms with E-state index in [1.165, 1.54) is 59.4 Å². The van der Waals surface area contributed by atoms with Gasteiger partial charge in [0.25, 0.3) is 11.7 Å². The van der Waals surface area contributed by atoms with Crippen LogP contribution >= 0.6 is 0 Å². The van der Waals surface area contributed by atoms with Gasteiger partial charge >= 0.3 is 11.8 Å². The molecular formula is C53H70N4O12. The molecule has 0 saturated carbocycles. The number of fused-ring (bicyclic) bond motifs is 14. The number of carbonyl (C=O) groups is 3. The number of hydrogen-bond donors (Lipinski definition) is 6. The number of piperazine rings is 1. The molecule has 7 rings (SSSR count). The van der Waals surface area contributed by atoms with Gasteiger partial charge in [-0.05, 0) is 53.2 Å². The average Bonchev–Trinajstić information content (AvgIpc) is 3.56. The van der Waals surface area contributed by atoms with Crippen molar-refractivity contribution in [1.29, 1.82) is 0 Å². The average molecular weight is 955 g/mol. The maximum Gasteiger partial charge on any atom is 0.312 e. The lowest BCUT2D eigenvalue weighted by molar-refractivity contribution is -0.160. The number of aliphatic hydroxyl groups is 2. The fourth-order valence-corrected chi connectivity index (χ4v) is 9.71. The van der Waals surface area contributed by atoms with Crippen molar-refractivity contribution in [2.75, 3.05) is 25.5 Å². The van der Waals surface area contributed by atoms with E-state index in [-0.39, 0.29) is 50.0 Å². The molecule has 3 aromatic carbocycles. The molecule has 16 heteroatoms. The molecule has 374 valence electrons. The Labute approximate surface area is 404 Å². The summed E-state index contributed by atoms with van der Waals surface area (Å²) in [6.45, 7) is 22.7. The molecule has 4 aliphatic rings. The van der Waals surface area contributed by atoms with E-state index < -0.39 is 94.3 Å². The number of benzene rings is 3. The normalized spacial score (nSPS) is 29.0. The first-order valence-corrected chi connectivity index (χ1v) is 23.4. The number of methoxy groups -OCH3 is 1. The van der Waals surface area contributed by atoms with E-state index in [0.29, 0.717) is 19.6 Å². The van der Waals surface area contributed by atoms with E-state index in [0.717, 1.165) is 5.56 Å². The highest BCUT2D eigenvalue weighted by Gasteiger charge is 2.50. The number of allylic oxidation sites excluding steroid dienone is 2. The minimum absolute atomic E-state index is 0.0466. The Morgan fingerprint density at radius 1 is 0.884 bits per heavy atom. The molecule has 9 atom stereocenters. The van der Waals surface area contributed by atoms with Crippen molar-refractivity contribution in [1.82, 2.24) is 9.91 Å². The zero-order valence-electron chi connectivity index (χ0n) is 42.0. The third kappa shape index (κ3) is 10.4. The molecule has 4 heterocycles. The highest BCUT2D eigenvalue weighted by atomic mass is 16.7. The number of rotatable bonds is 6. The number of phenolic OH excluding ortho intramolecular Hbond substituents is 3. The molecule has 3 aromatic rings. The molecular weight excluding hydrogens is 885 g/mol. The molecule has 0 unspecified atom stereocenters. The number of hydrogen-bond acceptors (Lipinski definition) is 15. The highest BCUT2D eigenvalue weighted by Crippen LogP contribution is 2.55. The predicted octanol–water partition coefficient (Wildman–Crippen LogP) is 7.46. The van der Waals surface area contributed by atoms with E-state index in [1.807, 2.05) is 37.1 Å².